The first-order valence-corrected chi connectivity index (χ1v) is 8.62. The van der Waals surface area contributed by atoms with Gasteiger partial charge in [-0.2, -0.15) is 0 Å². The van der Waals surface area contributed by atoms with E-state index < -0.39 is 0 Å². The van der Waals surface area contributed by atoms with E-state index >= 15 is 0 Å². The molecule has 0 fully saturated rings. The monoisotopic (exact) mass is 369 g/mol. The molecule has 136 valence electrons. The summed E-state index contributed by atoms with van der Waals surface area (Å²) >= 11 is 0. The normalized spacial score (nSPS) is 10.3. The van der Waals surface area contributed by atoms with Crippen LogP contribution < -0.4 is 10.1 Å². The maximum Gasteiger partial charge on any atom is 0.164 e. The minimum atomic E-state index is 0. The first kappa shape index (κ1) is 20.0. The lowest BCUT2D eigenvalue weighted by Gasteiger charge is -2.07. The number of hydrogen-bond donors (Lipinski definition) is 1. The standard InChI is InChI=1S/C22H23NO2.ClH/c1-25-21-10-8-19(9-11-21)22(24)13-15-23-14-12-17-6-7-18-4-2-3-5-20(18)16-17;/h2-11,16,23H,12-15H2,1H3;1H. The number of nitrogens with one attached hydrogen (secondary N) is 1. The topological polar surface area (TPSA) is 38.3 Å². The van der Waals surface area contributed by atoms with Crippen molar-refractivity contribution >= 4 is 29.0 Å². The van der Waals surface area contributed by atoms with Crippen molar-refractivity contribution < 1.29 is 9.53 Å². The zero-order chi connectivity index (χ0) is 17.5. The van der Waals surface area contributed by atoms with E-state index in [0.29, 0.717) is 13.0 Å². The Bertz CT molecular complexity index is 846. The molecule has 0 saturated heterocycles. The summed E-state index contributed by atoms with van der Waals surface area (Å²) in [5.74, 6) is 0.922. The number of Topliss-reactive ketones (excluding diaryl/α,β-unsaturated/α-hetero) is 1. The maximum absolute atomic E-state index is 12.1. The third-order valence-corrected chi connectivity index (χ3v) is 4.35. The van der Waals surface area contributed by atoms with Gasteiger partial charge in [0.1, 0.15) is 5.75 Å². The molecule has 0 aliphatic rings. The SMILES string of the molecule is COc1ccc(C(=O)CCNCCc2ccc3ccccc3c2)cc1.Cl. The van der Waals surface area contributed by atoms with Gasteiger partial charge in [-0.15, -0.1) is 12.4 Å². The van der Waals surface area contributed by atoms with Gasteiger partial charge in [0.05, 0.1) is 7.11 Å². The number of benzene rings is 3. The lowest BCUT2D eigenvalue weighted by Crippen LogP contribution is -2.21. The Morgan fingerprint density at radius 1 is 0.923 bits per heavy atom. The molecule has 4 heteroatoms. The van der Waals surface area contributed by atoms with Crippen LogP contribution in [0, 0.1) is 0 Å². The lowest BCUT2D eigenvalue weighted by atomic mass is 10.1. The molecule has 0 atom stereocenters. The quantitative estimate of drug-likeness (QED) is 0.463. The minimum Gasteiger partial charge on any atom is -0.497 e. The molecule has 1 N–H and O–H groups in total. The number of rotatable bonds is 8. The second-order valence-electron chi connectivity index (χ2n) is 6.08. The third kappa shape index (κ3) is 5.32. The van der Waals surface area contributed by atoms with Crippen LogP contribution in [0.4, 0.5) is 0 Å². The molecule has 0 aliphatic carbocycles. The van der Waals surface area contributed by atoms with E-state index in [-0.39, 0.29) is 18.2 Å². The number of hydrogen-bond acceptors (Lipinski definition) is 3. The number of carbonyl (C=O) groups excluding carboxylic acids is 1. The Balaban J connectivity index is 0.00000243. The van der Waals surface area contributed by atoms with Gasteiger partial charge in [0.25, 0.3) is 0 Å². The molecule has 0 aromatic heterocycles. The maximum atomic E-state index is 12.1. The smallest absolute Gasteiger partial charge is 0.164 e. The molecule has 26 heavy (non-hydrogen) atoms. The first-order chi connectivity index (χ1) is 12.3. The van der Waals surface area contributed by atoms with Crippen LogP contribution in [0.1, 0.15) is 22.3 Å². The van der Waals surface area contributed by atoms with E-state index in [1.807, 2.05) is 24.3 Å². The minimum absolute atomic E-state index is 0. The van der Waals surface area contributed by atoms with E-state index in [0.717, 1.165) is 24.3 Å². The number of carbonyl (C=O) groups is 1. The molecule has 0 aliphatic heterocycles. The second kappa shape index (κ2) is 9.95. The Labute approximate surface area is 160 Å². The van der Waals surface area contributed by atoms with Crippen LogP contribution in [0.15, 0.2) is 66.7 Å². The predicted octanol–water partition coefficient (Wildman–Crippen LogP) is 4.68. The number of ketones is 1. The highest BCUT2D eigenvalue weighted by atomic mass is 35.5. The zero-order valence-electron chi connectivity index (χ0n) is 14.9. The van der Waals surface area contributed by atoms with Crippen LogP contribution in [-0.4, -0.2) is 26.0 Å². The summed E-state index contributed by atoms with van der Waals surface area (Å²) in [7, 11) is 1.62. The second-order valence-corrected chi connectivity index (χ2v) is 6.08. The van der Waals surface area contributed by atoms with E-state index in [1.54, 1.807) is 7.11 Å². The molecule has 3 rings (SSSR count). The number of methoxy groups -OCH3 is 1. The molecule has 0 spiro atoms. The van der Waals surface area contributed by atoms with Gasteiger partial charge in [-0.25, -0.2) is 0 Å². The van der Waals surface area contributed by atoms with Gasteiger partial charge in [-0.1, -0.05) is 42.5 Å². The highest BCUT2D eigenvalue weighted by Gasteiger charge is 2.05. The van der Waals surface area contributed by atoms with Crippen molar-refractivity contribution in [3.05, 3.63) is 77.9 Å². The van der Waals surface area contributed by atoms with Crippen molar-refractivity contribution in [1.29, 1.82) is 0 Å². The lowest BCUT2D eigenvalue weighted by molar-refractivity contribution is 0.0982. The molecule has 0 radical (unpaired) electrons. The molecular weight excluding hydrogens is 346 g/mol. The Morgan fingerprint density at radius 2 is 1.65 bits per heavy atom. The van der Waals surface area contributed by atoms with Crippen molar-refractivity contribution in [2.75, 3.05) is 20.2 Å². The van der Waals surface area contributed by atoms with Crippen LogP contribution in [0.25, 0.3) is 10.8 Å². The summed E-state index contributed by atoms with van der Waals surface area (Å²) in [4.78, 5) is 12.1. The molecular formula is C22H24ClNO2. The Hall–Kier alpha value is -2.36. The van der Waals surface area contributed by atoms with Gasteiger partial charge in [0.2, 0.25) is 0 Å². The molecule has 3 aromatic carbocycles. The summed E-state index contributed by atoms with van der Waals surface area (Å²) in [6.07, 6.45) is 1.46. The van der Waals surface area contributed by atoms with Crippen LogP contribution >= 0.6 is 12.4 Å². The molecule has 0 amide bonds. The van der Waals surface area contributed by atoms with Crippen molar-refractivity contribution in [3.8, 4) is 5.75 Å². The van der Waals surface area contributed by atoms with E-state index in [4.69, 9.17) is 4.74 Å². The third-order valence-electron chi connectivity index (χ3n) is 4.35. The Morgan fingerprint density at radius 3 is 2.38 bits per heavy atom. The summed E-state index contributed by atoms with van der Waals surface area (Å²) < 4.78 is 5.11. The molecule has 0 saturated carbocycles. The molecule has 0 unspecified atom stereocenters. The molecule has 3 nitrogen and oxygen atoms in total. The van der Waals surface area contributed by atoms with Gasteiger partial charge in [0, 0.05) is 18.5 Å². The highest BCUT2D eigenvalue weighted by molar-refractivity contribution is 5.96. The van der Waals surface area contributed by atoms with Gasteiger partial charge in [-0.05, 0) is 53.6 Å². The van der Waals surface area contributed by atoms with Gasteiger partial charge < -0.3 is 10.1 Å². The van der Waals surface area contributed by atoms with Crippen LogP contribution in [-0.2, 0) is 6.42 Å². The molecule has 3 aromatic rings. The number of halogens is 1. The van der Waals surface area contributed by atoms with Gasteiger partial charge in [-0.3, -0.25) is 4.79 Å². The summed E-state index contributed by atoms with van der Waals surface area (Å²) in [5.41, 5.74) is 2.05. The largest absolute Gasteiger partial charge is 0.497 e. The van der Waals surface area contributed by atoms with Crippen LogP contribution in [0.5, 0.6) is 5.75 Å². The van der Waals surface area contributed by atoms with Crippen molar-refractivity contribution in [2.24, 2.45) is 0 Å². The summed E-state index contributed by atoms with van der Waals surface area (Å²) in [5, 5.41) is 5.90. The van der Waals surface area contributed by atoms with Crippen LogP contribution in [0.3, 0.4) is 0 Å². The predicted molar refractivity (Wildman–Crippen MR) is 110 cm³/mol. The molecule has 0 bridgehead atoms. The fourth-order valence-electron chi connectivity index (χ4n) is 2.88. The van der Waals surface area contributed by atoms with Gasteiger partial charge >= 0.3 is 0 Å². The van der Waals surface area contributed by atoms with E-state index in [9.17, 15) is 4.79 Å². The van der Waals surface area contributed by atoms with Crippen molar-refractivity contribution in [1.82, 2.24) is 5.32 Å². The first-order valence-electron chi connectivity index (χ1n) is 8.62. The van der Waals surface area contributed by atoms with Crippen molar-refractivity contribution in [2.45, 2.75) is 12.8 Å². The fourth-order valence-corrected chi connectivity index (χ4v) is 2.88. The van der Waals surface area contributed by atoms with Crippen molar-refractivity contribution in [3.63, 3.8) is 0 Å². The average molecular weight is 370 g/mol. The fraction of sp³-hybridized carbons (Fsp3) is 0.227. The van der Waals surface area contributed by atoms with Gasteiger partial charge in [0.15, 0.2) is 5.78 Å². The summed E-state index contributed by atoms with van der Waals surface area (Å²) in [6, 6.07) is 22.2. The van der Waals surface area contributed by atoms with E-state index in [2.05, 4.69) is 47.8 Å². The highest BCUT2D eigenvalue weighted by Crippen LogP contribution is 2.16. The molecule has 0 heterocycles. The number of ether oxygens (including phenoxy) is 1. The zero-order valence-corrected chi connectivity index (χ0v) is 15.7. The Kier molecular flexibility index (Phi) is 7.64. The van der Waals surface area contributed by atoms with E-state index in [1.165, 1.54) is 16.3 Å². The average Bonchev–Trinajstić information content (AvgIpc) is 2.67. The number of fused-ring (bicyclic) bond motifs is 1. The summed E-state index contributed by atoms with van der Waals surface area (Å²) in [6.45, 7) is 1.56. The van der Waals surface area contributed by atoms with Crippen LogP contribution in [0.2, 0.25) is 0 Å².